The Balaban J connectivity index is 2.91. The molecule has 0 aromatic heterocycles. The summed E-state index contributed by atoms with van der Waals surface area (Å²) in [5, 5.41) is 23.3. The molecule has 0 bridgehead atoms. The van der Waals surface area contributed by atoms with Crippen LogP contribution in [0, 0.1) is 11.8 Å². The highest BCUT2D eigenvalue weighted by molar-refractivity contribution is 5.94. The molecule has 1 saturated heterocycles. The van der Waals surface area contributed by atoms with Crippen LogP contribution in [0.5, 0.6) is 0 Å². The highest BCUT2D eigenvalue weighted by Gasteiger charge is 2.40. The molecule has 11 heteroatoms. The fourth-order valence-electron chi connectivity index (χ4n) is 3.60. The SMILES string of the molecule is CCC(C)C(NC(=O)C1CCCN1C(=O)C(NC(=O)C(N)CCC(=O)O)C(C)C)C(=O)O. The number of nitrogens with two attached hydrogens (primary N) is 1. The summed E-state index contributed by atoms with van der Waals surface area (Å²) < 4.78 is 0. The number of rotatable bonds is 12. The number of carbonyl (C=O) groups is 5. The second-order valence-corrected chi connectivity index (χ2v) is 8.67. The Morgan fingerprint density at radius 3 is 2.19 bits per heavy atom. The molecule has 0 aliphatic carbocycles. The van der Waals surface area contributed by atoms with Crippen molar-refractivity contribution in [3.63, 3.8) is 0 Å². The van der Waals surface area contributed by atoms with Gasteiger partial charge in [-0.2, -0.15) is 0 Å². The number of carboxylic acid groups (broad SMARTS) is 2. The predicted octanol–water partition coefficient (Wildman–Crippen LogP) is -0.0742. The highest BCUT2D eigenvalue weighted by atomic mass is 16.4. The van der Waals surface area contributed by atoms with Crippen molar-refractivity contribution in [3.8, 4) is 0 Å². The van der Waals surface area contributed by atoms with E-state index in [1.807, 2.05) is 6.92 Å². The van der Waals surface area contributed by atoms with E-state index in [1.54, 1.807) is 20.8 Å². The Bertz CT molecular complexity index is 712. The summed E-state index contributed by atoms with van der Waals surface area (Å²) in [5.41, 5.74) is 5.75. The van der Waals surface area contributed by atoms with Crippen LogP contribution < -0.4 is 16.4 Å². The third-order valence-corrected chi connectivity index (χ3v) is 5.85. The minimum Gasteiger partial charge on any atom is -0.481 e. The highest BCUT2D eigenvalue weighted by Crippen LogP contribution is 2.21. The molecule has 0 aromatic carbocycles. The van der Waals surface area contributed by atoms with Gasteiger partial charge in [0.1, 0.15) is 18.1 Å². The van der Waals surface area contributed by atoms with Gasteiger partial charge in [0.05, 0.1) is 6.04 Å². The summed E-state index contributed by atoms with van der Waals surface area (Å²) >= 11 is 0. The number of nitrogens with one attached hydrogen (secondary N) is 2. The summed E-state index contributed by atoms with van der Waals surface area (Å²) in [6.45, 7) is 7.34. The average Bonchev–Trinajstić information content (AvgIpc) is 3.22. The quantitative estimate of drug-likeness (QED) is 0.270. The van der Waals surface area contributed by atoms with Crippen molar-refractivity contribution >= 4 is 29.7 Å². The second kappa shape index (κ2) is 12.4. The Kier molecular flexibility index (Phi) is 10.6. The van der Waals surface area contributed by atoms with Gasteiger partial charge in [0, 0.05) is 13.0 Å². The molecular weight excluding hydrogens is 420 g/mol. The van der Waals surface area contributed by atoms with E-state index in [0.29, 0.717) is 25.8 Å². The Hall–Kier alpha value is -2.69. The molecule has 1 aliphatic rings. The largest absolute Gasteiger partial charge is 0.481 e. The van der Waals surface area contributed by atoms with E-state index in [1.165, 1.54) is 4.90 Å². The molecule has 0 spiro atoms. The first kappa shape index (κ1) is 27.3. The topological polar surface area (TPSA) is 179 Å². The van der Waals surface area contributed by atoms with Crippen LogP contribution in [0.3, 0.4) is 0 Å². The van der Waals surface area contributed by atoms with Crippen LogP contribution in [-0.4, -0.2) is 75.5 Å². The first-order valence-corrected chi connectivity index (χ1v) is 11.0. The van der Waals surface area contributed by atoms with Crippen molar-refractivity contribution < 1.29 is 34.2 Å². The monoisotopic (exact) mass is 456 g/mol. The van der Waals surface area contributed by atoms with Crippen molar-refractivity contribution in [2.24, 2.45) is 17.6 Å². The number of hydrogen-bond acceptors (Lipinski definition) is 6. The summed E-state index contributed by atoms with van der Waals surface area (Å²) in [6.07, 6.45) is 1.18. The molecule has 1 aliphatic heterocycles. The minimum absolute atomic E-state index is 0.0683. The van der Waals surface area contributed by atoms with Crippen LogP contribution in [0.1, 0.15) is 59.8 Å². The maximum Gasteiger partial charge on any atom is 0.326 e. The Morgan fingerprint density at radius 1 is 1.06 bits per heavy atom. The van der Waals surface area contributed by atoms with E-state index in [2.05, 4.69) is 10.6 Å². The fraction of sp³-hybridized carbons (Fsp3) is 0.762. The molecule has 1 heterocycles. The van der Waals surface area contributed by atoms with Crippen LogP contribution in [-0.2, 0) is 24.0 Å². The third-order valence-electron chi connectivity index (χ3n) is 5.85. The smallest absolute Gasteiger partial charge is 0.326 e. The molecule has 1 fully saturated rings. The zero-order chi connectivity index (χ0) is 24.6. The standard InChI is InChI=1S/C21H36N4O7/c1-5-12(4)17(21(31)32)24-19(29)14-7-6-10-25(14)20(30)16(11(2)3)23-18(28)13(22)8-9-15(26)27/h11-14,16-17H,5-10,22H2,1-4H3,(H,23,28)(H,24,29)(H,26,27)(H,31,32). The van der Waals surface area contributed by atoms with E-state index < -0.39 is 53.8 Å². The number of amides is 3. The molecule has 0 saturated carbocycles. The lowest BCUT2D eigenvalue weighted by atomic mass is 9.98. The molecule has 6 N–H and O–H groups in total. The number of aliphatic carboxylic acids is 2. The zero-order valence-electron chi connectivity index (χ0n) is 19.2. The van der Waals surface area contributed by atoms with E-state index in [9.17, 15) is 29.1 Å². The van der Waals surface area contributed by atoms with Gasteiger partial charge in [0.25, 0.3) is 0 Å². The second-order valence-electron chi connectivity index (χ2n) is 8.67. The molecule has 5 unspecified atom stereocenters. The number of nitrogens with zero attached hydrogens (tertiary/aromatic N) is 1. The molecule has 182 valence electrons. The molecule has 3 amide bonds. The van der Waals surface area contributed by atoms with Gasteiger partial charge in [-0.15, -0.1) is 0 Å². The predicted molar refractivity (Wildman–Crippen MR) is 115 cm³/mol. The summed E-state index contributed by atoms with van der Waals surface area (Å²) in [5.74, 6) is -4.42. The van der Waals surface area contributed by atoms with Gasteiger partial charge in [-0.05, 0) is 31.1 Å². The molecule has 32 heavy (non-hydrogen) atoms. The first-order valence-electron chi connectivity index (χ1n) is 11.0. The summed E-state index contributed by atoms with van der Waals surface area (Å²) in [7, 11) is 0. The maximum absolute atomic E-state index is 13.2. The fourth-order valence-corrected chi connectivity index (χ4v) is 3.60. The first-order chi connectivity index (χ1) is 14.9. The Labute approximate surface area is 188 Å². The molecule has 1 rings (SSSR count). The van der Waals surface area contributed by atoms with Gasteiger partial charge in [0.2, 0.25) is 17.7 Å². The lowest BCUT2D eigenvalue weighted by Crippen LogP contribution is -2.58. The van der Waals surface area contributed by atoms with Crippen molar-refractivity contribution in [1.82, 2.24) is 15.5 Å². The number of carboxylic acids is 2. The zero-order valence-corrected chi connectivity index (χ0v) is 19.2. The third kappa shape index (κ3) is 7.47. The van der Waals surface area contributed by atoms with Crippen LogP contribution in [0.25, 0.3) is 0 Å². The van der Waals surface area contributed by atoms with Gasteiger partial charge in [-0.25, -0.2) is 4.79 Å². The molecular formula is C21H36N4O7. The number of hydrogen-bond donors (Lipinski definition) is 5. The normalized spacial score (nSPS) is 19.7. The molecule has 11 nitrogen and oxygen atoms in total. The summed E-state index contributed by atoms with van der Waals surface area (Å²) in [6, 6.07) is -3.91. The van der Waals surface area contributed by atoms with Crippen LogP contribution in [0.15, 0.2) is 0 Å². The maximum atomic E-state index is 13.2. The minimum atomic E-state index is -1.13. The van der Waals surface area contributed by atoms with Crippen molar-refractivity contribution in [1.29, 1.82) is 0 Å². The van der Waals surface area contributed by atoms with E-state index in [0.717, 1.165) is 0 Å². The van der Waals surface area contributed by atoms with Gasteiger partial charge in [-0.1, -0.05) is 34.1 Å². The van der Waals surface area contributed by atoms with Gasteiger partial charge in [-0.3, -0.25) is 19.2 Å². The van der Waals surface area contributed by atoms with Gasteiger partial charge in [0.15, 0.2) is 0 Å². The van der Waals surface area contributed by atoms with Crippen molar-refractivity contribution in [2.75, 3.05) is 6.54 Å². The van der Waals surface area contributed by atoms with Crippen molar-refractivity contribution in [3.05, 3.63) is 0 Å². The summed E-state index contributed by atoms with van der Waals surface area (Å²) in [4.78, 5) is 62.1. The lowest BCUT2D eigenvalue weighted by molar-refractivity contribution is -0.146. The van der Waals surface area contributed by atoms with Gasteiger partial charge >= 0.3 is 11.9 Å². The number of carbonyl (C=O) groups excluding carboxylic acids is 3. The molecule has 0 aromatic rings. The van der Waals surface area contributed by atoms with E-state index in [4.69, 9.17) is 10.8 Å². The van der Waals surface area contributed by atoms with Gasteiger partial charge < -0.3 is 31.5 Å². The van der Waals surface area contributed by atoms with E-state index in [-0.39, 0.29) is 24.7 Å². The Morgan fingerprint density at radius 2 is 1.69 bits per heavy atom. The molecule has 0 radical (unpaired) electrons. The number of likely N-dealkylation sites (tertiary alicyclic amines) is 1. The van der Waals surface area contributed by atoms with Crippen molar-refractivity contribution in [2.45, 2.75) is 84.0 Å². The van der Waals surface area contributed by atoms with E-state index >= 15 is 0 Å². The average molecular weight is 457 g/mol. The van der Waals surface area contributed by atoms with Crippen LogP contribution in [0.4, 0.5) is 0 Å². The van der Waals surface area contributed by atoms with Crippen LogP contribution in [0.2, 0.25) is 0 Å². The lowest BCUT2D eigenvalue weighted by Gasteiger charge is -2.32. The molecule has 5 atom stereocenters. The van der Waals surface area contributed by atoms with Crippen LogP contribution >= 0.6 is 0 Å².